The van der Waals surface area contributed by atoms with E-state index in [2.05, 4.69) is 60.7 Å². The standard InChI is InChI=1S/C21H21ClN2O/c1-4-16-7-5-6-8-20(16)24-14(2)11-17(15(24)3)13-23-19-10-9-18(22)12-21(19)25/h5-13,25H,4H2,1-3H3. The molecule has 0 amide bonds. The Labute approximate surface area is 153 Å². The number of aryl methyl sites for hydroxylation is 2. The van der Waals surface area contributed by atoms with Crippen molar-refractivity contribution in [2.24, 2.45) is 4.99 Å². The number of para-hydroxylation sites is 1. The van der Waals surface area contributed by atoms with Gasteiger partial charge in [0.05, 0.1) is 0 Å². The summed E-state index contributed by atoms with van der Waals surface area (Å²) in [5, 5.41) is 10.4. The van der Waals surface area contributed by atoms with Crippen LogP contribution >= 0.6 is 11.6 Å². The van der Waals surface area contributed by atoms with Gasteiger partial charge in [0.15, 0.2) is 0 Å². The van der Waals surface area contributed by atoms with Crippen LogP contribution < -0.4 is 0 Å². The van der Waals surface area contributed by atoms with Crippen molar-refractivity contribution < 1.29 is 5.11 Å². The average Bonchev–Trinajstić information content (AvgIpc) is 2.88. The summed E-state index contributed by atoms with van der Waals surface area (Å²) >= 11 is 5.86. The van der Waals surface area contributed by atoms with Crippen molar-refractivity contribution in [1.82, 2.24) is 4.57 Å². The molecule has 3 nitrogen and oxygen atoms in total. The van der Waals surface area contributed by atoms with Gasteiger partial charge in [-0.3, -0.25) is 4.99 Å². The highest BCUT2D eigenvalue weighted by atomic mass is 35.5. The van der Waals surface area contributed by atoms with E-state index in [4.69, 9.17) is 11.6 Å². The monoisotopic (exact) mass is 352 g/mol. The first kappa shape index (κ1) is 17.3. The van der Waals surface area contributed by atoms with Gasteiger partial charge in [-0.15, -0.1) is 0 Å². The summed E-state index contributed by atoms with van der Waals surface area (Å²) < 4.78 is 2.25. The van der Waals surface area contributed by atoms with Crippen LogP contribution in [0.2, 0.25) is 5.02 Å². The summed E-state index contributed by atoms with van der Waals surface area (Å²) in [6.45, 7) is 6.34. The number of aromatic hydroxyl groups is 1. The molecule has 0 aliphatic rings. The molecule has 0 spiro atoms. The maximum atomic E-state index is 9.94. The lowest BCUT2D eigenvalue weighted by atomic mass is 10.1. The Balaban J connectivity index is 2.01. The van der Waals surface area contributed by atoms with E-state index in [1.54, 1.807) is 18.3 Å². The molecule has 0 aliphatic carbocycles. The largest absolute Gasteiger partial charge is 0.506 e. The zero-order valence-corrected chi connectivity index (χ0v) is 15.4. The van der Waals surface area contributed by atoms with Crippen LogP contribution in [0.1, 0.15) is 29.4 Å². The first-order valence-electron chi connectivity index (χ1n) is 8.31. The van der Waals surface area contributed by atoms with Gasteiger partial charge < -0.3 is 9.67 Å². The number of rotatable bonds is 4. The molecule has 128 valence electrons. The number of hydrogen-bond acceptors (Lipinski definition) is 2. The van der Waals surface area contributed by atoms with Gasteiger partial charge in [0.25, 0.3) is 0 Å². The van der Waals surface area contributed by atoms with Gasteiger partial charge >= 0.3 is 0 Å². The van der Waals surface area contributed by atoms with Crippen molar-refractivity contribution in [2.75, 3.05) is 0 Å². The average molecular weight is 353 g/mol. The number of aliphatic imine (C=N–C) groups is 1. The van der Waals surface area contributed by atoms with Gasteiger partial charge in [-0.2, -0.15) is 0 Å². The van der Waals surface area contributed by atoms with E-state index < -0.39 is 0 Å². The molecule has 2 aromatic carbocycles. The first-order valence-corrected chi connectivity index (χ1v) is 8.69. The molecule has 1 heterocycles. The van der Waals surface area contributed by atoms with Crippen molar-refractivity contribution in [2.45, 2.75) is 27.2 Å². The molecule has 0 atom stereocenters. The second kappa shape index (κ2) is 7.16. The van der Waals surface area contributed by atoms with Crippen molar-refractivity contribution >= 4 is 23.5 Å². The zero-order chi connectivity index (χ0) is 18.0. The Morgan fingerprint density at radius 2 is 1.88 bits per heavy atom. The van der Waals surface area contributed by atoms with Crippen LogP contribution in [0, 0.1) is 13.8 Å². The van der Waals surface area contributed by atoms with Gasteiger partial charge in [0.2, 0.25) is 0 Å². The molecule has 0 unspecified atom stereocenters. The molecular formula is C21H21ClN2O. The number of phenols is 1. The Morgan fingerprint density at radius 3 is 2.60 bits per heavy atom. The lowest BCUT2D eigenvalue weighted by molar-refractivity contribution is 0.477. The quantitative estimate of drug-likeness (QED) is 0.595. The van der Waals surface area contributed by atoms with E-state index >= 15 is 0 Å². The number of hydrogen-bond donors (Lipinski definition) is 1. The maximum absolute atomic E-state index is 9.94. The molecule has 0 saturated heterocycles. The maximum Gasteiger partial charge on any atom is 0.142 e. The summed E-state index contributed by atoms with van der Waals surface area (Å²) in [5.41, 5.74) is 6.31. The minimum atomic E-state index is 0.0777. The minimum absolute atomic E-state index is 0.0777. The van der Waals surface area contributed by atoms with Crippen molar-refractivity contribution in [1.29, 1.82) is 0 Å². The topological polar surface area (TPSA) is 37.5 Å². The normalized spacial score (nSPS) is 11.4. The van der Waals surface area contributed by atoms with E-state index in [-0.39, 0.29) is 5.75 Å². The van der Waals surface area contributed by atoms with Crippen LogP contribution in [-0.2, 0) is 6.42 Å². The summed E-state index contributed by atoms with van der Waals surface area (Å²) in [6.07, 6.45) is 2.77. The molecule has 3 rings (SSSR count). The highest BCUT2D eigenvalue weighted by Crippen LogP contribution is 2.29. The Morgan fingerprint density at radius 1 is 1.12 bits per heavy atom. The van der Waals surface area contributed by atoms with Crippen LogP contribution in [0.15, 0.2) is 53.5 Å². The highest BCUT2D eigenvalue weighted by molar-refractivity contribution is 6.30. The second-order valence-corrected chi connectivity index (χ2v) is 6.47. The molecule has 0 radical (unpaired) electrons. The first-order chi connectivity index (χ1) is 12.0. The predicted molar refractivity (Wildman–Crippen MR) is 105 cm³/mol. The molecule has 0 saturated carbocycles. The van der Waals surface area contributed by atoms with Gasteiger partial charge in [-0.25, -0.2) is 0 Å². The van der Waals surface area contributed by atoms with E-state index in [9.17, 15) is 5.11 Å². The third kappa shape index (κ3) is 3.47. The number of aromatic nitrogens is 1. The van der Waals surface area contributed by atoms with Crippen LogP contribution in [-0.4, -0.2) is 15.9 Å². The molecule has 1 aromatic heterocycles. The third-order valence-corrected chi connectivity index (χ3v) is 4.60. The van der Waals surface area contributed by atoms with Crippen LogP contribution in [0.25, 0.3) is 5.69 Å². The molecule has 1 N–H and O–H groups in total. The lowest BCUT2D eigenvalue weighted by Crippen LogP contribution is -2.03. The van der Waals surface area contributed by atoms with Crippen molar-refractivity contribution in [3.8, 4) is 11.4 Å². The highest BCUT2D eigenvalue weighted by Gasteiger charge is 2.12. The van der Waals surface area contributed by atoms with Crippen molar-refractivity contribution in [3.05, 3.63) is 76.1 Å². The van der Waals surface area contributed by atoms with Crippen LogP contribution in [0.4, 0.5) is 5.69 Å². The van der Waals surface area contributed by atoms with Crippen LogP contribution in [0.5, 0.6) is 5.75 Å². The fraction of sp³-hybridized carbons (Fsp3) is 0.190. The number of phenolic OH excluding ortho intramolecular Hbond substituents is 1. The van der Waals surface area contributed by atoms with E-state index in [0.29, 0.717) is 10.7 Å². The fourth-order valence-electron chi connectivity index (χ4n) is 3.06. The lowest BCUT2D eigenvalue weighted by Gasteiger charge is -2.13. The summed E-state index contributed by atoms with van der Waals surface area (Å²) in [5.74, 6) is 0.0777. The van der Waals surface area contributed by atoms with E-state index in [0.717, 1.165) is 23.4 Å². The van der Waals surface area contributed by atoms with Gasteiger partial charge in [-0.05, 0) is 50.1 Å². The Bertz CT molecular complexity index is 941. The summed E-state index contributed by atoms with van der Waals surface area (Å²) in [4.78, 5) is 4.42. The minimum Gasteiger partial charge on any atom is -0.506 e. The molecule has 25 heavy (non-hydrogen) atoms. The summed E-state index contributed by atoms with van der Waals surface area (Å²) in [6, 6.07) is 15.5. The molecule has 4 heteroatoms. The fourth-order valence-corrected chi connectivity index (χ4v) is 3.23. The van der Waals surface area contributed by atoms with Gasteiger partial charge in [-0.1, -0.05) is 36.7 Å². The zero-order valence-electron chi connectivity index (χ0n) is 14.6. The van der Waals surface area contributed by atoms with Gasteiger partial charge in [0, 0.05) is 39.9 Å². The molecular weight excluding hydrogens is 332 g/mol. The predicted octanol–water partition coefficient (Wildman–Crippen LogP) is 5.77. The Hall–Kier alpha value is -2.52. The van der Waals surface area contributed by atoms with E-state index in [1.807, 2.05) is 0 Å². The van der Waals surface area contributed by atoms with Crippen LogP contribution in [0.3, 0.4) is 0 Å². The van der Waals surface area contributed by atoms with E-state index in [1.165, 1.54) is 17.3 Å². The smallest absolute Gasteiger partial charge is 0.142 e. The van der Waals surface area contributed by atoms with Crippen molar-refractivity contribution in [3.63, 3.8) is 0 Å². The van der Waals surface area contributed by atoms with Gasteiger partial charge in [0.1, 0.15) is 11.4 Å². The summed E-state index contributed by atoms with van der Waals surface area (Å²) in [7, 11) is 0. The molecule has 3 aromatic rings. The number of benzene rings is 2. The SMILES string of the molecule is CCc1ccccc1-n1c(C)cc(C=Nc2ccc(Cl)cc2O)c1C. The number of nitrogens with zero attached hydrogens (tertiary/aromatic N) is 2. The molecule has 0 aliphatic heterocycles. The Kier molecular flexibility index (Phi) is 4.95. The third-order valence-electron chi connectivity index (χ3n) is 4.36. The second-order valence-electron chi connectivity index (χ2n) is 6.04. The molecule has 0 bridgehead atoms. The number of halogens is 1. The molecule has 0 fully saturated rings.